The first kappa shape index (κ1) is 14.7. The van der Waals surface area contributed by atoms with Crippen LogP contribution in [0.3, 0.4) is 0 Å². The predicted octanol–water partition coefficient (Wildman–Crippen LogP) is 2.65. The van der Waals surface area contributed by atoms with Crippen LogP contribution in [0, 0.1) is 0 Å². The average molecular weight is 286 g/mol. The first-order valence-corrected chi connectivity index (χ1v) is 5.52. The number of alkyl halides is 3. The zero-order valence-electron chi connectivity index (χ0n) is 9.50. The highest BCUT2D eigenvalue weighted by Crippen LogP contribution is 2.20. The van der Waals surface area contributed by atoms with Crippen molar-refractivity contribution in [2.24, 2.45) is 0 Å². The van der Waals surface area contributed by atoms with Gasteiger partial charge in [0, 0.05) is 0 Å². The minimum absolute atomic E-state index is 0.0705. The molecular formula is C9H11ClF3N3O2. The molecule has 0 amide bonds. The number of hydrogen-bond donors (Lipinski definition) is 0. The third-order valence-electron chi connectivity index (χ3n) is 1.62. The molecule has 5 nitrogen and oxygen atoms in total. The minimum Gasteiger partial charge on any atom is -0.463 e. The number of halogens is 4. The van der Waals surface area contributed by atoms with E-state index in [0.29, 0.717) is 6.61 Å². The van der Waals surface area contributed by atoms with Crippen molar-refractivity contribution in [1.82, 2.24) is 15.0 Å². The van der Waals surface area contributed by atoms with E-state index in [0.717, 1.165) is 6.42 Å². The van der Waals surface area contributed by atoms with Crippen molar-refractivity contribution in [2.75, 3.05) is 13.2 Å². The van der Waals surface area contributed by atoms with Crippen LogP contribution < -0.4 is 9.47 Å². The van der Waals surface area contributed by atoms with E-state index in [2.05, 4.69) is 15.0 Å². The summed E-state index contributed by atoms with van der Waals surface area (Å²) in [5, 5.41) is -0.196. The Labute approximate surface area is 106 Å². The van der Waals surface area contributed by atoms with Crippen LogP contribution in [-0.4, -0.2) is 34.3 Å². The molecule has 0 radical (unpaired) electrons. The molecule has 0 bridgehead atoms. The van der Waals surface area contributed by atoms with Crippen LogP contribution >= 0.6 is 11.6 Å². The molecular weight excluding hydrogens is 275 g/mol. The van der Waals surface area contributed by atoms with Crippen LogP contribution in [0.1, 0.15) is 19.8 Å². The molecule has 1 heterocycles. The Morgan fingerprint density at radius 3 is 2.11 bits per heavy atom. The van der Waals surface area contributed by atoms with Crippen molar-refractivity contribution in [3.63, 3.8) is 0 Å². The molecule has 0 atom stereocenters. The van der Waals surface area contributed by atoms with Crippen LogP contribution in [0.5, 0.6) is 12.0 Å². The number of ether oxygens (including phenoxy) is 2. The van der Waals surface area contributed by atoms with Gasteiger partial charge in [0.1, 0.15) is 6.61 Å². The summed E-state index contributed by atoms with van der Waals surface area (Å²) in [6.45, 7) is 1.66. The van der Waals surface area contributed by atoms with E-state index in [1.807, 2.05) is 6.92 Å². The van der Waals surface area contributed by atoms with Crippen LogP contribution in [0.2, 0.25) is 5.28 Å². The Kier molecular flexibility index (Phi) is 5.39. The lowest BCUT2D eigenvalue weighted by atomic mass is 10.4. The summed E-state index contributed by atoms with van der Waals surface area (Å²) in [5.41, 5.74) is 0. The summed E-state index contributed by atoms with van der Waals surface area (Å²) in [4.78, 5) is 10.9. The lowest BCUT2D eigenvalue weighted by molar-refractivity contribution is -0.139. The molecule has 1 aromatic heterocycles. The molecule has 0 aliphatic carbocycles. The van der Waals surface area contributed by atoms with E-state index >= 15 is 0 Å². The molecule has 18 heavy (non-hydrogen) atoms. The molecule has 102 valence electrons. The molecule has 1 rings (SSSR count). The Morgan fingerprint density at radius 1 is 1.06 bits per heavy atom. The van der Waals surface area contributed by atoms with Gasteiger partial charge in [-0.05, 0) is 18.0 Å². The number of hydrogen-bond acceptors (Lipinski definition) is 5. The molecule has 0 aliphatic heterocycles. The fourth-order valence-corrected chi connectivity index (χ4v) is 1.04. The van der Waals surface area contributed by atoms with E-state index in [1.54, 1.807) is 0 Å². The Bertz CT molecular complexity index is 390. The topological polar surface area (TPSA) is 57.1 Å². The van der Waals surface area contributed by atoms with Gasteiger partial charge in [-0.15, -0.1) is 4.98 Å². The quantitative estimate of drug-likeness (QED) is 0.804. The maximum Gasteiger partial charge on any atom is 0.392 e. The van der Waals surface area contributed by atoms with E-state index in [-0.39, 0.29) is 17.3 Å². The first-order chi connectivity index (χ1) is 8.40. The van der Waals surface area contributed by atoms with Gasteiger partial charge in [-0.1, -0.05) is 6.92 Å². The Hall–Kier alpha value is -1.31. The average Bonchev–Trinajstić information content (AvgIpc) is 2.24. The third-order valence-corrected chi connectivity index (χ3v) is 1.79. The number of aromatic nitrogens is 3. The zero-order chi connectivity index (χ0) is 13.6. The van der Waals surface area contributed by atoms with E-state index in [4.69, 9.17) is 21.1 Å². The maximum absolute atomic E-state index is 11.9. The van der Waals surface area contributed by atoms with Crippen molar-refractivity contribution < 1.29 is 22.6 Å². The molecule has 0 fully saturated rings. The summed E-state index contributed by atoms with van der Waals surface area (Å²) < 4.78 is 45.5. The van der Waals surface area contributed by atoms with Crippen molar-refractivity contribution in [3.8, 4) is 12.0 Å². The fraction of sp³-hybridized carbons (Fsp3) is 0.667. The third kappa shape index (κ3) is 5.85. The second-order valence-corrected chi connectivity index (χ2v) is 3.57. The highest BCUT2D eigenvalue weighted by Gasteiger charge is 2.27. The summed E-state index contributed by atoms with van der Waals surface area (Å²) >= 11 is 5.55. The first-order valence-electron chi connectivity index (χ1n) is 5.14. The smallest absolute Gasteiger partial charge is 0.392 e. The van der Waals surface area contributed by atoms with E-state index in [1.165, 1.54) is 0 Å². The van der Waals surface area contributed by atoms with Gasteiger partial charge in [0.15, 0.2) is 0 Å². The standard InChI is InChI=1S/C9H11ClF3N3O2/c1-2-4-17-7-14-6(10)15-8(16-7)18-5-3-9(11,12)13/h2-5H2,1H3. The van der Waals surface area contributed by atoms with Crippen LogP contribution in [0.4, 0.5) is 13.2 Å². The number of nitrogens with zero attached hydrogens (tertiary/aromatic N) is 3. The molecule has 0 aliphatic rings. The summed E-state index contributed by atoms with van der Waals surface area (Å²) in [6, 6.07) is -0.357. The highest BCUT2D eigenvalue weighted by atomic mass is 35.5. The van der Waals surface area contributed by atoms with Gasteiger partial charge in [0.2, 0.25) is 5.28 Å². The Morgan fingerprint density at radius 2 is 1.61 bits per heavy atom. The van der Waals surface area contributed by atoms with Crippen molar-refractivity contribution in [1.29, 1.82) is 0 Å². The molecule has 0 aromatic carbocycles. The van der Waals surface area contributed by atoms with Crippen LogP contribution in [0.15, 0.2) is 0 Å². The predicted molar refractivity (Wildman–Crippen MR) is 56.8 cm³/mol. The summed E-state index contributed by atoms with van der Waals surface area (Å²) in [7, 11) is 0. The van der Waals surface area contributed by atoms with Crippen molar-refractivity contribution >= 4 is 11.6 Å². The van der Waals surface area contributed by atoms with Gasteiger partial charge in [0.05, 0.1) is 13.0 Å². The number of rotatable bonds is 6. The zero-order valence-corrected chi connectivity index (χ0v) is 10.3. The monoisotopic (exact) mass is 285 g/mol. The molecule has 9 heteroatoms. The lowest BCUT2D eigenvalue weighted by Crippen LogP contribution is -2.14. The molecule has 0 N–H and O–H groups in total. The second-order valence-electron chi connectivity index (χ2n) is 3.23. The highest BCUT2D eigenvalue weighted by molar-refractivity contribution is 6.28. The van der Waals surface area contributed by atoms with Crippen LogP contribution in [0.25, 0.3) is 0 Å². The van der Waals surface area contributed by atoms with Crippen molar-refractivity contribution in [3.05, 3.63) is 5.28 Å². The Balaban J connectivity index is 2.57. The van der Waals surface area contributed by atoms with Gasteiger partial charge in [-0.2, -0.15) is 23.1 Å². The molecule has 0 spiro atoms. The maximum atomic E-state index is 11.9. The van der Waals surface area contributed by atoms with Gasteiger partial charge >= 0.3 is 18.2 Å². The minimum atomic E-state index is -4.29. The van der Waals surface area contributed by atoms with Gasteiger partial charge in [-0.25, -0.2) is 0 Å². The normalized spacial score (nSPS) is 11.4. The van der Waals surface area contributed by atoms with Gasteiger partial charge in [-0.3, -0.25) is 0 Å². The van der Waals surface area contributed by atoms with Gasteiger partial charge < -0.3 is 9.47 Å². The molecule has 1 aromatic rings. The van der Waals surface area contributed by atoms with Gasteiger partial charge in [0.25, 0.3) is 0 Å². The van der Waals surface area contributed by atoms with Crippen molar-refractivity contribution in [2.45, 2.75) is 25.9 Å². The van der Waals surface area contributed by atoms with E-state index < -0.39 is 19.2 Å². The van der Waals surface area contributed by atoms with E-state index in [9.17, 15) is 13.2 Å². The molecule has 0 unspecified atom stereocenters. The molecule has 0 saturated carbocycles. The summed E-state index contributed by atoms with van der Waals surface area (Å²) in [6.07, 6.45) is -4.66. The second kappa shape index (κ2) is 6.58. The lowest BCUT2D eigenvalue weighted by Gasteiger charge is -2.08. The fourth-order valence-electron chi connectivity index (χ4n) is 0.895. The largest absolute Gasteiger partial charge is 0.463 e. The van der Waals surface area contributed by atoms with Crippen LogP contribution in [-0.2, 0) is 0 Å². The molecule has 0 saturated heterocycles. The summed E-state index contributed by atoms with van der Waals surface area (Å²) in [5.74, 6) is 0. The SMILES string of the molecule is CCCOc1nc(Cl)nc(OCCC(F)(F)F)n1.